The third-order valence-electron chi connectivity index (χ3n) is 5.26. The highest BCUT2D eigenvalue weighted by atomic mass is 16.7. The average Bonchev–Trinajstić information content (AvgIpc) is 2.62. The molecule has 0 aromatic heterocycles. The fourth-order valence-electron chi connectivity index (χ4n) is 3.71. The molecule has 2 aliphatic rings. The van der Waals surface area contributed by atoms with Gasteiger partial charge in [-0.25, -0.2) is 0 Å². The number of ether oxygens (including phenoxy) is 3. The first-order valence-corrected chi connectivity index (χ1v) is 9.59. The molecule has 2 saturated heterocycles. The van der Waals surface area contributed by atoms with Gasteiger partial charge in [0.25, 0.3) is 0 Å². The molecule has 1 amide bonds. The summed E-state index contributed by atoms with van der Waals surface area (Å²) in [6, 6.07) is -1.23. The van der Waals surface area contributed by atoms with Crippen LogP contribution in [0, 0.1) is 5.41 Å². The van der Waals surface area contributed by atoms with Crippen LogP contribution in [-0.4, -0.2) is 111 Å². The van der Waals surface area contributed by atoms with Crippen LogP contribution < -0.4 is 5.32 Å². The third-order valence-corrected chi connectivity index (χ3v) is 5.26. The van der Waals surface area contributed by atoms with Crippen molar-refractivity contribution in [3.05, 3.63) is 0 Å². The van der Waals surface area contributed by atoms with Gasteiger partial charge in [0.15, 0.2) is 6.29 Å². The zero-order valence-electron chi connectivity index (χ0n) is 17.0. The molecule has 2 aliphatic heterocycles. The Morgan fingerprint density at radius 1 is 0.931 bits per heavy atom. The van der Waals surface area contributed by atoms with Crippen molar-refractivity contribution >= 4 is 5.91 Å². The van der Waals surface area contributed by atoms with Crippen LogP contribution in [0.1, 0.15) is 27.7 Å². The van der Waals surface area contributed by atoms with Crippen LogP contribution in [0.25, 0.3) is 0 Å². The Bertz CT molecular complexity index is 555. The molecular formula is C18H33NO10. The fraction of sp³-hybridized carbons (Fsp3) is 0.944. The molecule has 170 valence electrons. The Morgan fingerprint density at radius 3 is 1.97 bits per heavy atom. The molecule has 0 aliphatic carbocycles. The monoisotopic (exact) mass is 423 g/mol. The maximum atomic E-state index is 11.5. The molecule has 2 heterocycles. The lowest BCUT2D eigenvalue weighted by Gasteiger charge is -2.49. The molecule has 29 heavy (non-hydrogen) atoms. The van der Waals surface area contributed by atoms with Gasteiger partial charge in [0.2, 0.25) is 5.91 Å². The number of carbonyl (C=O) groups excluding carboxylic acids is 1. The van der Waals surface area contributed by atoms with Crippen molar-refractivity contribution in [2.75, 3.05) is 13.2 Å². The number of aliphatic hydroxyl groups excluding tert-OH is 6. The molecule has 0 radical (unpaired) electrons. The van der Waals surface area contributed by atoms with Crippen LogP contribution in [0.2, 0.25) is 0 Å². The molecule has 2 rings (SSSR count). The SMILES string of the molecule is CC(=O)NC1C(OC2C(O)C(CO)OC(C(C)(C)C)C2O)OC(CO)C(O)C1O. The zero-order valence-corrected chi connectivity index (χ0v) is 17.0. The summed E-state index contributed by atoms with van der Waals surface area (Å²) in [5.41, 5.74) is -0.567. The van der Waals surface area contributed by atoms with Crippen molar-refractivity contribution in [1.29, 1.82) is 0 Å². The summed E-state index contributed by atoms with van der Waals surface area (Å²) in [5, 5.41) is 63.2. The predicted octanol–water partition coefficient (Wildman–Crippen LogP) is -3.16. The van der Waals surface area contributed by atoms with E-state index in [4.69, 9.17) is 14.2 Å². The number of aliphatic hydroxyl groups is 6. The maximum absolute atomic E-state index is 11.5. The minimum absolute atomic E-state index is 0.526. The molecule has 0 bridgehead atoms. The van der Waals surface area contributed by atoms with Crippen molar-refractivity contribution in [2.45, 2.75) is 88.9 Å². The van der Waals surface area contributed by atoms with Crippen LogP contribution in [0.3, 0.4) is 0 Å². The van der Waals surface area contributed by atoms with E-state index in [9.17, 15) is 35.4 Å². The Morgan fingerprint density at radius 2 is 1.48 bits per heavy atom. The van der Waals surface area contributed by atoms with Crippen molar-refractivity contribution in [3.8, 4) is 0 Å². The minimum Gasteiger partial charge on any atom is -0.394 e. The van der Waals surface area contributed by atoms with E-state index in [2.05, 4.69) is 5.32 Å². The molecule has 10 atom stereocenters. The van der Waals surface area contributed by atoms with E-state index in [0.29, 0.717) is 0 Å². The number of amides is 1. The van der Waals surface area contributed by atoms with Gasteiger partial charge in [0, 0.05) is 6.92 Å². The highest BCUT2D eigenvalue weighted by Crippen LogP contribution is 2.35. The average molecular weight is 423 g/mol. The van der Waals surface area contributed by atoms with E-state index in [1.807, 2.05) is 20.8 Å². The Labute approximate surface area is 169 Å². The molecule has 11 nitrogen and oxygen atoms in total. The van der Waals surface area contributed by atoms with Crippen LogP contribution in [0.5, 0.6) is 0 Å². The maximum Gasteiger partial charge on any atom is 0.217 e. The molecular weight excluding hydrogens is 390 g/mol. The summed E-state index contributed by atoms with van der Waals surface area (Å²) in [6.45, 7) is 5.47. The summed E-state index contributed by atoms with van der Waals surface area (Å²) in [6.07, 6.45) is -11.5. The molecule has 10 unspecified atom stereocenters. The highest BCUT2D eigenvalue weighted by Gasteiger charge is 2.52. The standard InChI is InChI=1S/C18H33NO10/c1-7(22)19-10-13(25)11(23)8(5-20)28-17(10)29-15-12(24)9(6-21)27-16(14(15)26)18(2,3)4/h8-17,20-21,23-26H,5-6H2,1-4H3,(H,19,22). The first-order chi connectivity index (χ1) is 13.4. The van der Waals surface area contributed by atoms with Crippen molar-refractivity contribution < 1.29 is 49.6 Å². The van der Waals surface area contributed by atoms with Crippen LogP contribution in [-0.2, 0) is 19.0 Å². The smallest absolute Gasteiger partial charge is 0.217 e. The lowest BCUT2D eigenvalue weighted by atomic mass is 9.80. The molecule has 11 heteroatoms. The van der Waals surface area contributed by atoms with Crippen LogP contribution >= 0.6 is 0 Å². The van der Waals surface area contributed by atoms with Gasteiger partial charge in [-0.2, -0.15) is 0 Å². The Balaban J connectivity index is 2.30. The second kappa shape index (κ2) is 9.50. The molecule has 0 aromatic carbocycles. The van der Waals surface area contributed by atoms with Gasteiger partial charge in [0.1, 0.15) is 48.8 Å². The van der Waals surface area contributed by atoms with E-state index < -0.39 is 85.7 Å². The van der Waals surface area contributed by atoms with Gasteiger partial charge in [-0.3, -0.25) is 4.79 Å². The minimum atomic E-state index is -1.53. The largest absolute Gasteiger partial charge is 0.394 e. The van der Waals surface area contributed by atoms with Crippen molar-refractivity contribution in [3.63, 3.8) is 0 Å². The highest BCUT2D eigenvalue weighted by molar-refractivity contribution is 5.73. The van der Waals surface area contributed by atoms with E-state index in [1.165, 1.54) is 6.92 Å². The summed E-state index contributed by atoms with van der Waals surface area (Å²) in [5.74, 6) is -0.533. The van der Waals surface area contributed by atoms with Gasteiger partial charge in [-0.15, -0.1) is 0 Å². The third kappa shape index (κ3) is 5.24. The Hall–Kier alpha value is -0.890. The first kappa shape index (κ1) is 24.4. The summed E-state index contributed by atoms with van der Waals surface area (Å²) in [4.78, 5) is 11.5. The van der Waals surface area contributed by atoms with Crippen molar-refractivity contribution in [1.82, 2.24) is 5.32 Å². The van der Waals surface area contributed by atoms with Crippen LogP contribution in [0.15, 0.2) is 0 Å². The number of carbonyl (C=O) groups is 1. The van der Waals surface area contributed by atoms with Crippen molar-refractivity contribution in [2.24, 2.45) is 5.41 Å². The number of rotatable bonds is 5. The lowest BCUT2D eigenvalue weighted by molar-refractivity contribution is -0.328. The molecule has 7 N–H and O–H groups in total. The normalized spacial score (nSPS) is 43.8. The van der Waals surface area contributed by atoms with Crippen LogP contribution in [0.4, 0.5) is 0 Å². The predicted molar refractivity (Wildman–Crippen MR) is 97.5 cm³/mol. The number of nitrogens with one attached hydrogen (secondary N) is 1. The lowest BCUT2D eigenvalue weighted by Crippen LogP contribution is -2.68. The van der Waals surface area contributed by atoms with Gasteiger partial charge in [-0.1, -0.05) is 20.8 Å². The topological polar surface area (TPSA) is 178 Å². The molecule has 0 spiro atoms. The van der Waals surface area contributed by atoms with Gasteiger partial charge >= 0.3 is 0 Å². The number of hydrogen-bond donors (Lipinski definition) is 7. The van der Waals surface area contributed by atoms with Gasteiger partial charge in [0.05, 0.1) is 19.3 Å². The molecule has 0 saturated carbocycles. The first-order valence-electron chi connectivity index (χ1n) is 9.59. The summed E-state index contributed by atoms with van der Waals surface area (Å²) >= 11 is 0. The number of hydrogen-bond acceptors (Lipinski definition) is 10. The summed E-state index contributed by atoms with van der Waals surface area (Å²) in [7, 11) is 0. The molecule has 0 aromatic rings. The quantitative estimate of drug-likeness (QED) is 0.239. The fourth-order valence-corrected chi connectivity index (χ4v) is 3.71. The van der Waals surface area contributed by atoms with Gasteiger partial charge < -0.3 is 50.2 Å². The molecule has 2 fully saturated rings. The second-order valence-corrected chi connectivity index (χ2v) is 8.66. The van der Waals surface area contributed by atoms with E-state index in [-0.39, 0.29) is 0 Å². The zero-order chi connectivity index (χ0) is 22.1. The van der Waals surface area contributed by atoms with E-state index in [0.717, 1.165) is 0 Å². The second-order valence-electron chi connectivity index (χ2n) is 8.66. The van der Waals surface area contributed by atoms with Gasteiger partial charge in [-0.05, 0) is 5.41 Å². The summed E-state index contributed by atoms with van der Waals surface area (Å²) < 4.78 is 16.9. The Kier molecular flexibility index (Phi) is 7.99. The van der Waals surface area contributed by atoms with E-state index >= 15 is 0 Å². The van der Waals surface area contributed by atoms with E-state index in [1.54, 1.807) is 0 Å².